The average Bonchev–Trinajstić information content (AvgIpc) is 3.15. The van der Waals surface area contributed by atoms with Crippen LogP contribution in [0.2, 0.25) is 0 Å². The average molecular weight is 427 g/mol. The van der Waals surface area contributed by atoms with E-state index in [1.807, 2.05) is 37.3 Å². The molecule has 0 aliphatic rings. The second-order valence-corrected chi connectivity index (χ2v) is 7.75. The summed E-state index contributed by atoms with van der Waals surface area (Å²) in [6.45, 7) is 5.55. The van der Waals surface area contributed by atoms with Crippen molar-refractivity contribution in [1.29, 1.82) is 0 Å². The zero-order valence-corrected chi connectivity index (χ0v) is 18.5. The Balaban J connectivity index is 1.71. The Morgan fingerprint density at radius 3 is 2.55 bits per heavy atom. The molecule has 0 radical (unpaired) electrons. The second kappa shape index (κ2) is 9.74. The van der Waals surface area contributed by atoms with Gasteiger partial charge in [0, 0.05) is 32.9 Å². The Hall–Kier alpha value is -3.20. The first kappa shape index (κ1) is 22.5. The topological polar surface area (TPSA) is 94.2 Å². The number of imidazole rings is 1. The number of fused-ring (bicyclic) bond motifs is 1. The molecule has 31 heavy (non-hydrogen) atoms. The number of para-hydroxylation sites is 1. The van der Waals surface area contributed by atoms with Gasteiger partial charge in [-0.25, -0.2) is 9.78 Å². The largest absolute Gasteiger partial charge is 0.332 e. The van der Waals surface area contributed by atoms with E-state index in [0.717, 1.165) is 18.7 Å². The monoisotopic (exact) mass is 426 g/mol. The van der Waals surface area contributed by atoms with E-state index in [2.05, 4.69) is 22.1 Å². The molecule has 0 aliphatic carbocycles. The number of carbonyl (C=O) groups excluding carboxylic acids is 1. The maximum Gasteiger partial charge on any atom is 0.332 e. The zero-order valence-electron chi connectivity index (χ0n) is 18.5. The first-order chi connectivity index (χ1) is 14.8. The molecule has 1 amide bonds. The normalized spacial score (nSPS) is 12.4. The molecule has 0 saturated carbocycles. The molecular weight excluding hydrogens is 396 g/mol. The smallest absolute Gasteiger partial charge is 0.328 e. The van der Waals surface area contributed by atoms with Crippen molar-refractivity contribution in [2.45, 2.75) is 39.3 Å². The highest BCUT2D eigenvalue weighted by Gasteiger charge is 2.21. The number of benzene rings is 1. The van der Waals surface area contributed by atoms with Gasteiger partial charge in [0.25, 0.3) is 5.56 Å². The Kier molecular flexibility index (Phi) is 7.06. The van der Waals surface area contributed by atoms with E-state index in [1.54, 1.807) is 18.7 Å². The molecule has 3 rings (SSSR count). The number of nitrogens with one attached hydrogen (secondary N) is 1. The fraction of sp³-hybridized carbons (Fsp3) is 0.455. The number of hydrogen-bond donors (Lipinski definition) is 1. The first-order valence-electron chi connectivity index (χ1n) is 10.6. The van der Waals surface area contributed by atoms with E-state index in [1.165, 1.54) is 15.5 Å². The van der Waals surface area contributed by atoms with Crippen molar-refractivity contribution < 1.29 is 4.79 Å². The van der Waals surface area contributed by atoms with Gasteiger partial charge in [-0.05, 0) is 38.4 Å². The lowest BCUT2D eigenvalue weighted by molar-refractivity contribution is -0.120. The number of anilines is 1. The van der Waals surface area contributed by atoms with Gasteiger partial charge in [0.1, 0.15) is 0 Å². The van der Waals surface area contributed by atoms with Crippen LogP contribution in [0.5, 0.6) is 0 Å². The Bertz CT molecular complexity index is 1160. The van der Waals surface area contributed by atoms with Crippen LogP contribution in [0.3, 0.4) is 0 Å². The molecule has 2 heterocycles. The summed E-state index contributed by atoms with van der Waals surface area (Å²) in [7, 11) is 3.36. The second-order valence-electron chi connectivity index (χ2n) is 7.75. The summed E-state index contributed by atoms with van der Waals surface area (Å²) >= 11 is 0. The molecule has 0 saturated heterocycles. The van der Waals surface area contributed by atoms with Crippen LogP contribution < -0.4 is 16.6 Å². The molecule has 2 aromatic heterocycles. The molecule has 9 nitrogen and oxygen atoms in total. The SMILES string of the molecule is CCCN(CCCn1c(=O)c2c(ncn2C)n(C)c1=O)C(C)C(=O)Nc1ccccc1. The summed E-state index contributed by atoms with van der Waals surface area (Å²) < 4.78 is 4.28. The number of aromatic nitrogens is 4. The van der Waals surface area contributed by atoms with E-state index in [-0.39, 0.29) is 29.7 Å². The van der Waals surface area contributed by atoms with Gasteiger partial charge in [0.15, 0.2) is 11.2 Å². The third-order valence-electron chi connectivity index (χ3n) is 5.51. The highest BCUT2D eigenvalue weighted by atomic mass is 16.2. The van der Waals surface area contributed by atoms with Crippen LogP contribution in [0, 0.1) is 0 Å². The van der Waals surface area contributed by atoms with Crippen molar-refractivity contribution >= 4 is 22.8 Å². The molecule has 9 heteroatoms. The van der Waals surface area contributed by atoms with Gasteiger partial charge in [-0.15, -0.1) is 0 Å². The van der Waals surface area contributed by atoms with E-state index < -0.39 is 0 Å². The van der Waals surface area contributed by atoms with Crippen molar-refractivity contribution in [2.24, 2.45) is 14.1 Å². The number of rotatable bonds is 9. The van der Waals surface area contributed by atoms with E-state index >= 15 is 0 Å². The molecule has 1 aromatic carbocycles. The van der Waals surface area contributed by atoms with Gasteiger partial charge < -0.3 is 9.88 Å². The van der Waals surface area contributed by atoms with Crippen molar-refractivity contribution in [3.8, 4) is 0 Å². The lowest BCUT2D eigenvalue weighted by Crippen LogP contribution is -2.44. The minimum absolute atomic E-state index is 0.0796. The lowest BCUT2D eigenvalue weighted by Gasteiger charge is -2.28. The van der Waals surface area contributed by atoms with Gasteiger partial charge >= 0.3 is 5.69 Å². The van der Waals surface area contributed by atoms with Gasteiger partial charge in [-0.1, -0.05) is 25.1 Å². The van der Waals surface area contributed by atoms with E-state index in [4.69, 9.17) is 0 Å². The fourth-order valence-corrected chi connectivity index (χ4v) is 3.75. The number of amides is 1. The van der Waals surface area contributed by atoms with Gasteiger partial charge in [0.05, 0.1) is 12.4 Å². The van der Waals surface area contributed by atoms with Crippen molar-refractivity contribution in [1.82, 2.24) is 23.6 Å². The van der Waals surface area contributed by atoms with Gasteiger partial charge in [-0.2, -0.15) is 0 Å². The minimum atomic E-state index is -0.381. The summed E-state index contributed by atoms with van der Waals surface area (Å²) in [5, 5.41) is 2.94. The van der Waals surface area contributed by atoms with Crippen LogP contribution in [0.15, 0.2) is 46.2 Å². The predicted octanol–water partition coefficient (Wildman–Crippen LogP) is 1.56. The fourth-order valence-electron chi connectivity index (χ4n) is 3.75. The van der Waals surface area contributed by atoms with Gasteiger partial charge in [-0.3, -0.25) is 23.6 Å². The third-order valence-corrected chi connectivity index (χ3v) is 5.51. The Labute approximate surface area is 180 Å². The quantitative estimate of drug-likeness (QED) is 0.560. The van der Waals surface area contributed by atoms with E-state index in [0.29, 0.717) is 24.1 Å². The van der Waals surface area contributed by atoms with Crippen LogP contribution in [0.1, 0.15) is 26.7 Å². The van der Waals surface area contributed by atoms with Crippen molar-refractivity contribution in [3.05, 3.63) is 57.5 Å². The number of hydrogen-bond acceptors (Lipinski definition) is 5. The highest BCUT2D eigenvalue weighted by molar-refractivity contribution is 5.94. The summed E-state index contributed by atoms with van der Waals surface area (Å²) in [4.78, 5) is 44.4. The zero-order chi connectivity index (χ0) is 22.5. The number of carbonyl (C=O) groups is 1. The molecular formula is C22H30N6O3. The van der Waals surface area contributed by atoms with Crippen LogP contribution in [0.25, 0.3) is 11.2 Å². The van der Waals surface area contributed by atoms with Gasteiger partial charge in [0.2, 0.25) is 5.91 Å². The van der Waals surface area contributed by atoms with Crippen molar-refractivity contribution in [2.75, 3.05) is 18.4 Å². The predicted molar refractivity (Wildman–Crippen MR) is 121 cm³/mol. The maximum absolute atomic E-state index is 12.8. The Morgan fingerprint density at radius 2 is 1.87 bits per heavy atom. The van der Waals surface area contributed by atoms with Crippen molar-refractivity contribution in [3.63, 3.8) is 0 Å². The Morgan fingerprint density at radius 1 is 1.16 bits per heavy atom. The highest BCUT2D eigenvalue weighted by Crippen LogP contribution is 2.10. The van der Waals surface area contributed by atoms with Crippen LogP contribution in [-0.2, 0) is 25.4 Å². The minimum Gasteiger partial charge on any atom is -0.328 e. The molecule has 0 bridgehead atoms. The molecule has 1 atom stereocenters. The molecule has 0 aliphatic heterocycles. The van der Waals surface area contributed by atoms with Crippen LogP contribution >= 0.6 is 0 Å². The maximum atomic E-state index is 12.8. The molecule has 1 unspecified atom stereocenters. The number of aryl methyl sites for hydroxylation is 2. The summed E-state index contributed by atoms with van der Waals surface area (Å²) in [5.74, 6) is -0.0796. The third kappa shape index (κ3) is 4.77. The lowest BCUT2D eigenvalue weighted by atomic mass is 10.2. The molecule has 0 spiro atoms. The molecule has 166 valence electrons. The summed E-state index contributed by atoms with van der Waals surface area (Å²) in [6.07, 6.45) is 3.00. The molecule has 1 N–H and O–H groups in total. The molecule has 0 fully saturated rings. The van der Waals surface area contributed by atoms with Crippen LogP contribution in [-0.4, -0.2) is 48.6 Å². The van der Waals surface area contributed by atoms with E-state index in [9.17, 15) is 14.4 Å². The number of nitrogens with zero attached hydrogens (tertiary/aromatic N) is 5. The summed E-state index contributed by atoms with van der Waals surface area (Å²) in [6, 6.07) is 9.02. The van der Waals surface area contributed by atoms with Crippen LogP contribution in [0.4, 0.5) is 5.69 Å². The summed E-state index contributed by atoms with van der Waals surface area (Å²) in [5.41, 5.74) is 0.828. The molecule has 3 aromatic rings. The first-order valence-corrected chi connectivity index (χ1v) is 10.6. The standard InChI is InChI=1S/C22H30N6O3/c1-5-12-27(16(2)20(29)24-17-10-7-6-8-11-17)13-9-14-28-21(30)18-19(23-15-25(18)3)26(4)22(28)31/h6-8,10-11,15-16H,5,9,12-14H2,1-4H3,(H,24,29).